The zero-order valence-corrected chi connectivity index (χ0v) is 31.0. The largest absolute Gasteiger partial charge is 0.435 e. The van der Waals surface area contributed by atoms with Crippen LogP contribution in [0.4, 0.5) is 0 Å². The van der Waals surface area contributed by atoms with Crippen LogP contribution in [-0.4, -0.2) is 24.5 Å². The highest BCUT2D eigenvalue weighted by Crippen LogP contribution is 2.40. The Balaban J connectivity index is 1.01. The Morgan fingerprint density at radius 3 is 1.71 bits per heavy atom. The van der Waals surface area contributed by atoms with Crippen molar-refractivity contribution in [2.24, 2.45) is 0 Å². The molecule has 0 fully saturated rings. The molecule has 270 valence electrons. The number of para-hydroxylation sites is 1. The Labute approximate surface area is 332 Å². The molecule has 0 unspecified atom stereocenters. The van der Waals surface area contributed by atoms with Gasteiger partial charge in [0.25, 0.3) is 0 Å². The predicted molar refractivity (Wildman–Crippen MR) is 236 cm³/mol. The quantitative estimate of drug-likeness (QED) is 0.164. The minimum absolute atomic E-state index is 0.583. The average molecular weight is 742 g/mol. The van der Waals surface area contributed by atoms with Gasteiger partial charge in [0.05, 0.1) is 11.0 Å². The molecular formula is C52H31N5O. The molecule has 0 bridgehead atoms. The summed E-state index contributed by atoms with van der Waals surface area (Å²) in [5.74, 6) is 2.47. The lowest BCUT2D eigenvalue weighted by Crippen LogP contribution is -2.00. The van der Waals surface area contributed by atoms with Crippen molar-refractivity contribution in [3.05, 3.63) is 188 Å². The summed E-state index contributed by atoms with van der Waals surface area (Å²) in [7, 11) is 0. The molecule has 3 aromatic heterocycles. The second-order valence-corrected chi connectivity index (χ2v) is 14.7. The van der Waals surface area contributed by atoms with Crippen molar-refractivity contribution in [1.29, 1.82) is 0 Å². The van der Waals surface area contributed by atoms with Gasteiger partial charge < -0.3 is 8.98 Å². The highest BCUT2D eigenvalue weighted by atomic mass is 16.3. The highest BCUT2D eigenvalue weighted by Gasteiger charge is 2.19. The summed E-state index contributed by atoms with van der Waals surface area (Å²) in [6.07, 6.45) is 0. The third-order valence-corrected chi connectivity index (χ3v) is 11.2. The molecular weight excluding hydrogens is 711 g/mol. The molecule has 0 atom stereocenters. The van der Waals surface area contributed by atoms with E-state index < -0.39 is 0 Å². The first kappa shape index (κ1) is 32.3. The van der Waals surface area contributed by atoms with E-state index in [4.69, 9.17) is 24.4 Å². The van der Waals surface area contributed by atoms with Crippen molar-refractivity contribution < 1.29 is 4.42 Å². The van der Waals surface area contributed by atoms with Gasteiger partial charge in [-0.3, -0.25) is 0 Å². The summed E-state index contributed by atoms with van der Waals surface area (Å²) in [5.41, 5.74) is 8.64. The summed E-state index contributed by atoms with van der Waals surface area (Å²) in [4.78, 5) is 19.9. The van der Waals surface area contributed by atoms with E-state index >= 15 is 0 Å². The van der Waals surface area contributed by atoms with Gasteiger partial charge in [0, 0.05) is 44.1 Å². The van der Waals surface area contributed by atoms with Gasteiger partial charge in [0.15, 0.2) is 23.1 Å². The summed E-state index contributed by atoms with van der Waals surface area (Å²) in [6.45, 7) is 0. The van der Waals surface area contributed by atoms with E-state index in [1.54, 1.807) is 0 Å². The lowest BCUT2D eigenvalue weighted by atomic mass is 9.99. The molecule has 3 heterocycles. The van der Waals surface area contributed by atoms with Gasteiger partial charge in [-0.1, -0.05) is 146 Å². The fourth-order valence-corrected chi connectivity index (χ4v) is 8.51. The van der Waals surface area contributed by atoms with E-state index in [-0.39, 0.29) is 0 Å². The van der Waals surface area contributed by atoms with Gasteiger partial charge in [-0.25, -0.2) is 19.9 Å². The highest BCUT2D eigenvalue weighted by molar-refractivity contribution is 6.22. The first-order valence-corrected chi connectivity index (χ1v) is 19.4. The maximum Gasteiger partial charge on any atom is 0.227 e. The Kier molecular flexibility index (Phi) is 7.13. The van der Waals surface area contributed by atoms with Crippen molar-refractivity contribution in [3.8, 4) is 51.3 Å². The van der Waals surface area contributed by atoms with Crippen LogP contribution in [0.5, 0.6) is 0 Å². The summed E-state index contributed by atoms with van der Waals surface area (Å²) < 4.78 is 9.15. The van der Waals surface area contributed by atoms with Crippen molar-refractivity contribution in [2.75, 3.05) is 0 Å². The molecule has 0 amide bonds. The van der Waals surface area contributed by atoms with E-state index in [1.165, 1.54) is 21.5 Å². The van der Waals surface area contributed by atoms with E-state index in [0.29, 0.717) is 23.4 Å². The van der Waals surface area contributed by atoms with Crippen LogP contribution in [0.25, 0.3) is 117 Å². The minimum Gasteiger partial charge on any atom is -0.435 e. The molecule has 12 aromatic rings. The van der Waals surface area contributed by atoms with E-state index in [2.05, 4.69) is 132 Å². The van der Waals surface area contributed by atoms with Crippen LogP contribution in [-0.2, 0) is 0 Å². The zero-order valence-electron chi connectivity index (χ0n) is 31.0. The standard InChI is InChI=1S/C52H31N5O/c1-4-13-34(14-5-1)49-54-50(35-15-6-2-7-16-35)56-51(55-49)37-22-26-41-36(30-37)21-20-33-24-28-43-48(46(33)41)58-52(53-43)38-23-27-42-45(31-38)57(39-17-8-3-9-18-39)44-29-25-32-12-10-11-19-40(32)47(42)44/h1-31H. The lowest BCUT2D eigenvalue weighted by molar-refractivity contribution is 0.623. The molecule has 0 saturated carbocycles. The molecule has 0 aliphatic heterocycles. The summed E-state index contributed by atoms with van der Waals surface area (Å²) in [5, 5.41) is 9.12. The number of hydrogen-bond donors (Lipinski definition) is 0. The number of rotatable bonds is 5. The van der Waals surface area contributed by atoms with Crippen LogP contribution in [0.15, 0.2) is 192 Å². The summed E-state index contributed by atoms with van der Waals surface area (Å²) >= 11 is 0. The molecule has 58 heavy (non-hydrogen) atoms. The maximum absolute atomic E-state index is 6.81. The molecule has 6 heteroatoms. The van der Waals surface area contributed by atoms with Gasteiger partial charge in [-0.15, -0.1) is 0 Å². The van der Waals surface area contributed by atoms with Crippen LogP contribution in [0, 0.1) is 0 Å². The molecule has 12 rings (SSSR count). The fraction of sp³-hybridized carbons (Fsp3) is 0. The van der Waals surface area contributed by atoms with Crippen LogP contribution in [0.3, 0.4) is 0 Å². The second kappa shape index (κ2) is 12.8. The summed E-state index contributed by atoms with van der Waals surface area (Å²) in [6, 6.07) is 65.2. The molecule has 0 radical (unpaired) electrons. The van der Waals surface area contributed by atoms with Crippen molar-refractivity contribution >= 4 is 65.2 Å². The van der Waals surface area contributed by atoms with E-state index in [9.17, 15) is 0 Å². The predicted octanol–water partition coefficient (Wildman–Crippen LogP) is 13.2. The number of benzene rings is 9. The first-order valence-electron chi connectivity index (χ1n) is 19.4. The lowest BCUT2D eigenvalue weighted by Gasteiger charge is -2.10. The molecule has 0 aliphatic rings. The Bertz CT molecular complexity index is 3500. The third-order valence-electron chi connectivity index (χ3n) is 11.2. The van der Waals surface area contributed by atoms with Gasteiger partial charge in [-0.05, 0) is 69.4 Å². The van der Waals surface area contributed by atoms with Gasteiger partial charge in [0.1, 0.15) is 5.52 Å². The molecule has 0 N–H and O–H groups in total. The Hall–Kier alpha value is -7.96. The number of oxazole rings is 1. The number of aromatic nitrogens is 5. The van der Waals surface area contributed by atoms with Crippen molar-refractivity contribution in [3.63, 3.8) is 0 Å². The van der Waals surface area contributed by atoms with E-state index in [1.807, 2.05) is 60.7 Å². The molecule has 6 nitrogen and oxygen atoms in total. The van der Waals surface area contributed by atoms with Gasteiger partial charge in [-0.2, -0.15) is 0 Å². The Morgan fingerprint density at radius 1 is 0.362 bits per heavy atom. The number of fused-ring (bicyclic) bond motifs is 10. The topological polar surface area (TPSA) is 69.6 Å². The SMILES string of the molecule is c1ccc(-c2nc(-c3ccccc3)nc(-c3ccc4c(ccc5ccc6nc(-c7ccc8c9c%10ccccc%10ccc9n(-c9ccccc9)c8c7)oc6c54)c3)n2)cc1. The van der Waals surface area contributed by atoms with Crippen molar-refractivity contribution in [2.45, 2.75) is 0 Å². The van der Waals surface area contributed by atoms with Crippen molar-refractivity contribution in [1.82, 2.24) is 24.5 Å². The molecule has 9 aromatic carbocycles. The van der Waals surface area contributed by atoms with Crippen LogP contribution >= 0.6 is 0 Å². The normalized spacial score (nSPS) is 11.8. The van der Waals surface area contributed by atoms with E-state index in [0.717, 1.165) is 71.6 Å². The van der Waals surface area contributed by atoms with Gasteiger partial charge in [0.2, 0.25) is 5.89 Å². The fourth-order valence-electron chi connectivity index (χ4n) is 8.51. The Morgan fingerprint density at radius 2 is 0.948 bits per heavy atom. The number of hydrogen-bond acceptors (Lipinski definition) is 5. The number of nitrogens with zero attached hydrogens (tertiary/aromatic N) is 5. The monoisotopic (exact) mass is 741 g/mol. The van der Waals surface area contributed by atoms with Crippen LogP contribution in [0.2, 0.25) is 0 Å². The van der Waals surface area contributed by atoms with Gasteiger partial charge >= 0.3 is 0 Å². The zero-order chi connectivity index (χ0) is 38.2. The van der Waals surface area contributed by atoms with Crippen LogP contribution in [0.1, 0.15) is 0 Å². The average Bonchev–Trinajstić information content (AvgIpc) is 3.89. The molecule has 0 aliphatic carbocycles. The third kappa shape index (κ3) is 5.12. The minimum atomic E-state index is 0.583. The maximum atomic E-state index is 6.81. The smallest absolute Gasteiger partial charge is 0.227 e. The van der Waals surface area contributed by atoms with Crippen LogP contribution < -0.4 is 0 Å². The first-order chi connectivity index (χ1) is 28.7. The second-order valence-electron chi connectivity index (χ2n) is 14.7. The molecule has 0 saturated heterocycles. The molecule has 0 spiro atoms.